The average Bonchev–Trinajstić information content (AvgIpc) is 2.64. The van der Waals surface area contributed by atoms with E-state index in [0.29, 0.717) is 26.2 Å². The van der Waals surface area contributed by atoms with Gasteiger partial charge in [-0.1, -0.05) is 0 Å². The van der Waals surface area contributed by atoms with E-state index in [1.807, 2.05) is 10.8 Å². The third-order valence-electron chi connectivity index (χ3n) is 2.19. The molecule has 0 bridgehead atoms. The van der Waals surface area contributed by atoms with Crippen LogP contribution in [0.5, 0.6) is 0 Å². The fraction of sp³-hybridized carbons (Fsp3) is 0.700. The Hall–Kier alpha value is -1.08. The molecule has 0 amide bonds. The first-order chi connectivity index (χ1) is 8.01. The summed E-state index contributed by atoms with van der Waals surface area (Å²) in [6.07, 6.45) is -1.22. The van der Waals surface area contributed by atoms with Gasteiger partial charge in [-0.2, -0.15) is 13.2 Å². The summed E-state index contributed by atoms with van der Waals surface area (Å²) >= 11 is 0. The second-order valence-corrected chi connectivity index (χ2v) is 3.79. The van der Waals surface area contributed by atoms with Gasteiger partial charge in [0.2, 0.25) is 0 Å². The molecule has 1 rings (SSSR count). The Morgan fingerprint density at radius 3 is 2.82 bits per heavy atom. The van der Waals surface area contributed by atoms with E-state index in [1.165, 1.54) is 0 Å². The predicted molar refractivity (Wildman–Crippen MR) is 58.3 cm³/mol. The molecule has 0 spiro atoms. The van der Waals surface area contributed by atoms with Crippen molar-refractivity contribution in [2.24, 2.45) is 5.73 Å². The highest BCUT2D eigenvalue weighted by Gasteiger charge is 2.25. The summed E-state index contributed by atoms with van der Waals surface area (Å²) in [4.78, 5) is 4.10. The number of nitrogens with one attached hydrogen (secondary N) is 1. The van der Waals surface area contributed by atoms with Crippen molar-refractivity contribution < 1.29 is 13.2 Å². The molecule has 3 N–H and O–H groups in total. The predicted octanol–water partition coefficient (Wildman–Crippen LogP) is 1.27. The number of alkyl halides is 3. The zero-order valence-electron chi connectivity index (χ0n) is 9.50. The second kappa shape index (κ2) is 6.61. The molecule has 0 saturated heterocycles. The third kappa shape index (κ3) is 6.28. The number of hydrogen-bond donors (Lipinski definition) is 2. The van der Waals surface area contributed by atoms with E-state index in [0.717, 1.165) is 5.69 Å². The van der Waals surface area contributed by atoms with Crippen molar-refractivity contribution in [3.8, 4) is 0 Å². The van der Waals surface area contributed by atoms with Crippen LogP contribution in [0.1, 0.15) is 18.5 Å². The van der Waals surface area contributed by atoms with E-state index in [9.17, 15) is 13.2 Å². The van der Waals surface area contributed by atoms with Crippen LogP contribution in [0.4, 0.5) is 13.2 Å². The number of nitrogens with two attached hydrogens (primary N) is 1. The van der Waals surface area contributed by atoms with E-state index in [1.54, 1.807) is 6.33 Å². The molecule has 98 valence electrons. The summed E-state index contributed by atoms with van der Waals surface area (Å²) in [7, 11) is 0. The molecule has 0 radical (unpaired) electrons. The van der Waals surface area contributed by atoms with Crippen molar-refractivity contribution in [1.29, 1.82) is 0 Å². The first-order valence-corrected chi connectivity index (χ1v) is 5.49. The maximum absolute atomic E-state index is 11.8. The summed E-state index contributed by atoms with van der Waals surface area (Å²) < 4.78 is 37.4. The summed E-state index contributed by atoms with van der Waals surface area (Å²) in [6, 6.07) is 0. The minimum Gasteiger partial charge on any atom is -0.336 e. The lowest BCUT2D eigenvalue weighted by atomic mass is 10.3. The van der Waals surface area contributed by atoms with Crippen LogP contribution in [0, 0.1) is 0 Å². The molecule has 17 heavy (non-hydrogen) atoms. The molecule has 1 aromatic heterocycles. The van der Waals surface area contributed by atoms with Gasteiger partial charge in [-0.3, -0.25) is 0 Å². The zero-order valence-corrected chi connectivity index (χ0v) is 9.50. The third-order valence-corrected chi connectivity index (χ3v) is 2.19. The van der Waals surface area contributed by atoms with Crippen molar-refractivity contribution in [2.45, 2.75) is 32.1 Å². The quantitative estimate of drug-likeness (QED) is 0.717. The fourth-order valence-electron chi connectivity index (χ4n) is 1.40. The standard InChI is InChI=1S/C10H17F3N4/c11-10(12,13)2-1-4-15-6-9-7-17(5-3-14)8-16-9/h7-8,15H,1-6,14H2. The number of nitrogens with zero attached hydrogens (tertiary/aromatic N) is 2. The van der Waals surface area contributed by atoms with Crippen molar-refractivity contribution in [1.82, 2.24) is 14.9 Å². The number of hydrogen-bond acceptors (Lipinski definition) is 3. The average molecular weight is 250 g/mol. The maximum atomic E-state index is 11.8. The molecular formula is C10H17F3N4. The van der Waals surface area contributed by atoms with Crippen LogP contribution in [0.25, 0.3) is 0 Å². The van der Waals surface area contributed by atoms with Gasteiger partial charge in [0.15, 0.2) is 0 Å². The largest absolute Gasteiger partial charge is 0.389 e. The lowest BCUT2D eigenvalue weighted by Gasteiger charge is -2.06. The van der Waals surface area contributed by atoms with E-state index < -0.39 is 12.6 Å². The Balaban J connectivity index is 2.13. The first-order valence-electron chi connectivity index (χ1n) is 5.49. The number of imidazole rings is 1. The van der Waals surface area contributed by atoms with Gasteiger partial charge in [0.25, 0.3) is 0 Å². The fourth-order valence-corrected chi connectivity index (χ4v) is 1.40. The smallest absolute Gasteiger partial charge is 0.336 e. The molecule has 0 atom stereocenters. The zero-order chi connectivity index (χ0) is 12.7. The van der Waals surface area contributed by atoms with Gasteiger partial charge in [0.1, 0.15) is 0 Å². The van der Waals surface area contributed by atoms with Crippen molar-refractivity contribution in [3.05, 3.63) is 18.2 Å². The summed E-state index contributed by atoms with van der Waals surface area (Å²) in [5.74, 6) is 0. The molecular weight excluding hydrogens is 233 g/mol. The molecule has 0 aliphatic rings. The Bertz CT molecular complexity index is 322. The minimum atomic E-state index is -4.07. The van der Waals surface area contributed by atoms with E-state index in [2.05, 4.69) is 10.3 Å². The van der Waals surface area contributed by atoms with Crippen LogP contribution in [-0.4, -0.2) is 28.8 Å². The van der Waals surface area contributed by atoms with Gasteiger partial charge in [0, 0.05) is 32.3 Å². The van der Waals surface area contributed by atoms with E-state index in [4.69, 9.17) is 5.73 Å². The molecule has 1 aromatic rings. The maximum Gasteiger partial charge on any atom is 0.389 e. The molecule has 0 fully saturated rings. The Morgan fingerprint density at radius 1 is 1.41 bits per heavy atom. The topological polar surface area (TPSA) is 55.9 Å². The molecule has 0 unspecified atom stereocenters. The highest BCUT2D eigenvalue weighted by atomic mass is 19.4. The van der Waals surface area contributed by atoms with Gasteiger partial charge in [-0.05, 0) is 13.0 Å². The Labute approximate surface area is 98.0 Å². The van der Waals surface area contributed by atoms with Crippen LogP contribution in [-0.2, 0) is 13.1 Å². The number of aromatic nitrogens is 2. The molecule has 0 saturated carbocycles. The van der Waals surface area contributed by atoms with Gasteiger partial charge in [0.05, 0.1) is 12.0 Å². The molecule has 4 nitrogen and oxygen atoms in total. The summed E-state index contributed by atoms with van der Waals surface area (Å²) in [6.45, 7) is 2.05. The van der Waals surface area contributed by atoms with Crippen LogP contribution in [0.3, 0.4) is 0 Å². The van der Waals surface area contributed by atoms with Crippen LogP contribution >= 0.6 is 0 Å². The minimum absolute atomic E-state index is 0.0903. The Kier molecular flexibility index (Phi) is 5.43. The monoisotopic (exact) mass is 250 g/mol. The normalized spacial score (nSPS) is 12.0. The lowest BCUT2D eigenvalue weighted by Crippen LogP contribution is -2.18. The van der Waals surface area contributed by atoms with Crippen molar-refractivity contribution in [2.75, 3.05) is 13.1 Å². The van der Waals surface area contributed by atoms with Crippen LogP contribution in [0.15, 0.2) is 12.5 Å². The highest BCUT2D eigenvalue weighted by Crippen LogP contribution is 2.20. The summed E-state index contributed by atoms with van der Waals surface area (Å²) in [5, 5.41) is 2.92. The Morgan fingerprint density at radius 2 is 2.18 bits per heavy atom. The molecule has 1 heterocycles. The van der Waals surface area contributed by atoms with Crippen molar-refractivity contribution in [3.63, 3.8) is 0 Å². The van der Waals surface area contributed by atoms with E-state index in [-0.39, 0.29) is 6.42 Å². The molecule has 0 aromatic carbocycles. The van der Waals surface area contributed by atoms with Gasteiger partial charge < -0.3 is 15.6 Å². The molecule has 0 aliphatic carbocycles. The molecule has 7 heteroatoms. The summed E-state index contributed by atoms with van der Waals surface area (Å²) in [5.41, 5.74) is 6.19. The SMILES string of the molecule is NCCn1cnc(CNCCCC(F)(F)F)c1. The second-order valence-electron chi connectivity index (χ2n) is 3.79. The van der Waals surface area contributed by atoms with Crippen LogP contribution in [0.2, 0.25) is 0 Å². The lowest BCUT2D eigenvalue weighted by molar-refractivity contribution is -0.135. The van der Waals surface area contributed by atoms with Gasteiger partial charge in [-0.15, -0.1) is 0 Å². The van der Waals surface area contributed by atoms with Gasteiger partial charge >= 0.3 is 6.18 Å². The van der Waals surface area contributed by atoms with Crippen LogP contribution < -0.4 is 11.1 Å². The van der Waals surface area contributed by atoms with Crippen molar-refractivity contribution >= 4 is 0 Å². The first kappa shape index (κ1) is 14.0. The van der Waals surface area contributed by atoms with Gasteiger partial charge in [-0.25, -0.2) is 4.98 Å². The highest BCUT2D eigenvalue weighted by molar-refractivity contribution is 4.96. The van der Waals surface area contributed by atoms with E-state index >= 15 is 0 Å². The number of halogens is 3. The molecule has 0 aliphatic heterocycles. The number of rotatable bonds is 7.